The van der Waals surface area contributed by atoms with Crippen molar-refractivity contribution in [2.45, 2.75) is 12.2 Å². The Hall–Kier alpha value is -0.970. The van der Waals surface area contributed by atoms with Crippen LogP contribution >= 0.6 is 0 Å². The molecule has 0 bridgehead atoms. The van der Waals surface area contributed by atoms with Gasteiger partial charge in [-0.05, 0) is 12.5 Å². The van der Waals surface area contributed by atoms with E-state index in [-0.39, 0.29) is 13.2 Å². The van der Waals surface area contributed by atoms with Crippen LogP contribution in [0.3, 0.4) is 0 Å². The highest BCUT2D eigenvalue weighted by molar-refractivity contribution is 5.16. The van der Waals surface area contributed by atoms with E-state index in [9.17, 15) is 5.11 Å². The fourth-order valence-electron chi connectivity index (χ4n) is 0.983. The molecule has 1 atom stereocenters. The van der Waals surface area contributed by atoms with E-state index in [1.807, 2.05) is 0 Å². The van der Waals surface area contributed by atoms with Crippen molar-refractivity contribution in [2.24, 2.45) is 0 Å². The number of nitrogens with zero attached hydrogens (tertiary/aromatic N) is 1. The molecule has 1 heterocycles. The summed E-state index contributed by atoms with van der Waals surface area (Å²) < 4.78 is 5.10. The smallest absolute Gasteiger partial charge is 0.193 e. The van der Waals surface area contributed by atoms with Crippen molar-refractivity contribution in [1.82, 2.24) is 4.98 Å². The summed E-state index contributed by atoms with van der Waals surface area (Å²) in [5.74, 6) is -1.58. The van der Waals surface area contributed by atoms with Crippen LogP contribution in [0.2, 0.25) is 0 Å². The van der Waals surface area contributed by atoms with E-state index in [1.54, 1.807) is 18.3 Å². The maximum Gasteiger partial charge on any atom is 0.193 e. The van der Waals surface area contributed by atoms with Crippen molar-refractivity contribution in [3.63, 3.8) is 0 Å². The summed E-state index contributed by atoms with van der Waals surface area (Å²) in [6, 6.07) is 3.37. The Bertz CT molecular complexity index is 261. The van der Waals surface area contributed by atoms with Crippen LogP contribution in [0.5, 0.6) is 0 Å². The van der Waals surface area contributed by atoms with Crippen LogP contribution in [-0.4, -0.2) is 28.4 Å². The average molecular weight is 196 g/mol. The molecule has 14 heavy (non-hydrogen) atoms. The molecule has 4 nitrogen and oxygen atoms in total. The standard InChI is InChI=1S/C10H14NO3/c1-10(13,14-7-3-6-12)9-4-2-5-11-8-9/h2,4-5,8,12-13H,1,3,6-7H2. The van der Waals surface area contributed by atoms with Crippen molar-refractivity contribution in [2.75, 3.05) is 13.2 Å². The summed E-state index contributed by atoms with van der Waals surface area (Å²) >= 11 is 0. The fraction of sp³-hybridized carbons (Fsp3) is 0.400. The van der Waals surface area contributed by atoms with E-state index in [1.165, 1.54) is 6.20 Å². The molecular formula is C10H14NO3. The highest BCUT2D eigenvalue weighted by Crippen LogP contribution is 2.20. The third kappa shape index (κ3) is 3.06. The minimum Gasteiger partial charge on any atom is -0.396 e. The van der Waals surface area contributed by atoms with E-state index in [0.717, 1.165) is 0 Å². The van der Waals surface area contributed by atoms with Crippen LogP contribution in [0.15, 0.2) is 24.5 Å². The molecule has 0 amide bonds. The maximum atomic E-state index is 9.76. The van der Waals surface area contributed by atoms with Crippen LogP contribution in [0.25, 0.3) is 0 Å². The number of aromatic nitrogens is 1. The Balaban J connectivity index is 2.56. The van der Waals surface area contributed by atoms with Crippen molar-refractivity contribution in [1.29, 1.82) is 0 Å². The molecule has 0 fully saturated rings. The van der Waals surface area contributed by atoms with E-state index >= 15 is 0 Å². The monoisotopic (exact) mass is 196 g/mol. The molecule has 0 saturated heterocycles. The Morgan fingerprint density at radius 2 is 2.36 bits per heavy atom. The van der Waals surface area contributed by atoms with Gasteiger partial charge in [-0.25, -0.2) is 0 Å². The number of ether oxygens (including phenoxy) is 1. The second-order valence-electron chi connectivity index (χ2n) is 2.95. The normalized spacial score (nSPS) is 15.1. The Morgan fingerprint density at radius 1 is 1.57 bits per heavy atom. The molecule has 0 aliphatic heterocycles. The van der Waals surface area contributed by atoms with Gasteiger partial charge in [-0.3, -0.25) is 4.98 Å². The number of aliphatic hydroxyl groups excluding tert-OH is 1. The average Bonchev–Trinajstić information content (AvgIpc) is 2.19. The molecule has 77 valence electrons. The minimum atomic E-state index is -1.58. The third-order valence-corrected chi connectivity index (χ3v) is 1.76. The number of pyridine rings is 1. The molecule has 0 aromatic carbocycles. The summed E-state index contributed by atoms with van der Waals surface area (Å²) in [5, 5.41) is 18.3. The predicted molar refractivity (Wildman–Crippen MR) is 51.1 cm³/mol. The molecular weight excluding hydrogens is 182 g/mol. The quantitative estimate of drug-likeness (QED) is 0.530. The summed E-state index contributed by atoms with van der Waals surface area (Å²) in [4.78, 5) is 3.85. The van der Waals surface area contributed by atoms with Crippen LogP contribution in [0.1, 0.15) is 12.0 Å². The molecule has 0 spiro atoms. The van der Waals surface area contributed by atoms with Gasteiger partial charge in [0.25, 0.3) is 0 Å². The van der Waals surface area contributed by atoms with Crippen LogP contribution in [0, 0.1) is 6.92 Å². The van der Waals surface area contributed by atoms with Gasteiger partial charge in [0, 0.05) is 31.5 Å². The Morgan fingerprint density at radius 3 is 2.93 bits per heavy atom. The molecule has 0 aliphatic rings. The van der Waals surface area contributed by atoms with Gasteiger partial charge in [-0.15, -0.1) is 0 Å². The Labute approximate surface area is 83.2 Å². The fourth-order valence-corrected chi connectivity index (χ4v) is 0.983. The highest BCUT2D eigenvalue weighted by atomic mass is 16.6. The first kappa shape index (κ1) is 11.1. The Kier molecular flexibility index (Phi) is 4.00. The zero-order valence-electron chi connectivity index (χ0n) is 7.89. The molecule has 1 radical (unpaired) electrons. The molecule has 1 rings (SSSR count). The molecule has 0 aliphatic carbocycles. The van der Waals surface area contributed by atoms with Gasteiger partial charge in [-0.2, -0.15) is 0 Å². The lowest BCUT2D eigenvalue weighted by Crippen LogP contribution is -2.26. The summed E-state index contributed by atoms with van der Waals surface area (Å²) in [6.45, 7) is 3.81. The van der Waals surface area contributed by atoms with E-state index in [2.05, 4.69) is 11.9 Å². The first-order valence-corrected chi connectivity index (χ1v) is 4.40. The second kappa shape index (κ2) is 5.05. The third-order valence-electron chi connectivity index (χ3n) is 1.76. The topological polar surface area (TPSA) is 62.6 Å². The SMILES string of the molecule is [CH2]C(O)(OCCCO)c1cccnc1. The number of rotatable bonds is 5. The van der Waals surface area contributed by atoms with Gasteiger partial charge in [0.2, 0.25) is 0 Å². The van der Waals surface area contributed by atoms with Gasteiger partial charge in [-0.1, -0.05) is 6.07 Å². The summed E-state index contributed by atoms with van der Waals surface area (Å²) in [6.07, 6.45) is 3.57. The van der Waals surface area contributed by atoms with Crippen LogP contribution in [-0.2, 0) is 10.5 Å². The first-order chi connectivity index (χ1) is 6.67. The molecule has 2 N–H and O–H groups in total. The number of aliphatic hydroxyl groups is 2. The van der Waals surface area contributed by atoms with Crippen molar-refractivity contribution in [3.05, 3.63) is 37.0 Å². The summed E-state index contributed by atoms with van der Waals surface area (Å²) in [5.41, 5.74) is 0.498. The zero-order valence-corrected chi connectivity index (χ0v) is 7.89. The lowest BCUT2D eigenvalue weighted by atomic mass is 10.1. The molecule has 4 heteroatoms. The van der Waals surface area contributed by atoms with Gasteiger partial charge in [0.15, 0.2) is 5.79 Å². The largest absolute Gasteiger partial charge is 0.396 e. The predicted octanol–water partition coefficient (Wildman–Crippen LogP) is 0.460. The molecule has 0 saturated carbocycles. The van der Waals surface area contributed by atoms with Gasteiger partial charge < -0.3 is 14.9 Å². The van der Waals surface area contributed by atoms with Crippen molar-refractivity contribution < 1.29 is 14.9 Å². The lowest BCUT2D eigenvalue weighted by molar-refractivity contribution is -0.179. The second-order valence-corrected chi connectivity index (χ2v) is 2.95. The molecule has 1 unspecified atom stereocenters. The molecule has 1 aromatic heterocycles. The van der Waals surface area contributed by atoms with Crippen LogP contribution in [0.4, 0.5) is 0 Å². The van der Waals surface area contributed by atoms with E-state index in [4.69, 9.17) is 9.84 Å². The van der Waals surface area contributed by atoms with Gasteiger partial charge >= 0.3 is 0 Å². The van der Waals surface area contributed by atoms with Crippen molar-refractivity contribution in [3.8, 4) is 0 Å². The lowest BCUT2D eigenvalue weighted by Gasteiger charge is -2.23. The zero-order chi connectivity index (χ0) is 10.4. The molecule has 1 aromatic rings. The van der Waals surface area contributed by atoms with Crippen molar-refractivity contribution >= 4 is 0 Å². The minimum absolute atomic E-state index is 0.0309. The summed E-state index contributed by atoms with van der Waals surface area (Å²) in [7, 11) is 0. The maximum absolute atomic E-state index is 9.76. The van der Waals surface area contributed by atoms with Crippen LogP contribution < -0.4 is 0 Å². The van der Waals surface area contributed by atoms with Gasteiger partial charge in [0.1, 0.15) is 0 Å². The first-order valence-electron chi connectivity index (χ1n) is 4.40. The van der Waals surface area contributed by atoms with Gasteiger partial charge in [0.05, 0.1) is 6.61 Å². The van der Waals surface area contributed by atoms with E-state index < -0.39 is 5.79 Å². The number of hydrogen-bond acceptors (Lipinski definition) is 4. The van der Waals surface area contributed by atoms with E-state index in [0.29, 0.717) is 12.0 Å². The highest BCUT2D eigenvalue weighted by Gasteiger charge is 2.23. The number of hydrogen-bond donors (Lipinski definition) is 2.